The van der Waals surface area contributed by atoms with Crippen molar-refractivity contribution < 1.29 is 18.4 Å². The number of carbonyl (C=O) groups is 2. The van der Waals surface area contributed by atoms with Crippen molar-refractivity contribution >= 4 is 29.4 Å². The number of aromatic nitrogens is 2. The normalized spacial score (nSPS) is 12.5. The topological polar surface area (TPSA) is 76.0 Å². The molecular formula is C22H20F2N4O2S. The third-order valence-corrected chi connectivity index (χ3v) is 5.88. The van der Waals surface area contributed by atoms with Gasteiger partial charge in [-0.05, 0) is 24.1 Å². The lowest BCUT2D eigenvalue weighted by molar-refractivity contribution is -0.121. The average molecular weight is 442 g/mol. The van der Waals surface area contributed by atoms with Crippen LogP contribution in [0.3, 0.4) is 0 Å². The molecule has 2 aromatic carbocycles. The summed E-state index contributed by atoms with van der Waals surface area (Å²) in [5, 5.41) is 9.82. The Labute approximate surface area is 182 Å². The summed E-state index contributed by atoms with van der Waals surface area (Å²) in [5.41, 5.74) is 1.97. The largest absolute Gasteiger partial charge is 0.354 e. The molecule has 4 rings (SSSR count). The van der Waals surface area contributed by atoms with Crippen LogP contribution in [0.15, 0.2) is 48.5 Å². The van der Waals surface area contributed by atoms with E-state index in [-0.39, 0.29) is 12.5 Å². The SMILES string of the molecule is O=C(Cn1nc2c(c1NC(=O)c1c(F)cccc1F)CSC2)NCCc1ccccc1. The Morgan fingerprint density at radius 2 is 1.77 bits per heavy atom. The van der Waals surface area contributed by atoms with Gasteiger partial charge in [-0.25, -0.2) is 13.5 Å². The van der Waals surface area contributed by atoms with Gasteiger partial charge in [0, 0.05) is 23.6 Å². The number of anilines is 1. The lowest BCUT2D eigenvalue weighted by Gasteiger charge is -2.12. The van der Waals surface area contributed by atoms with E-state index in [2.05, 4.69) is 15.7 Å². The van der Waals surface area contributed by atoms with E-state index >= 15 is 0 Å². The third-order valence-electron chi connectivity index (χ3n) is 4.91. The zero-order valence-corrected chi connectivity index (χ0v) is 17.3. The summed E-state index contributed by atoms with van der Waals surface area (Å²) in [4.78, 5) is 25.0. The van der Waals surface area contributed by atoms with Crippen LogP contribution in [0.5, 0.6) is 0 Å². The molecular weight excluding hydrogens is 422 g/mol. The quantitative estimate of drug-likeness (QED) is 0.587. The minimum absolute atomic E-state index is 0.109. The summed E-state index contributed by atoms with van der Waals surface area (Å²) in [5.74, 6) is -1.54. The standard InChI is InChI=1S/C22H20F2N4O2S/c23-16-7-4-8-17(24)20(16)22(30)26-21-15-12-31-13-18(15)27-28(21)11-19(29)25-10-9-14-5-2-1-3-6-14/h1-8H,9-13H2,(H,25,29)(H,26,30). The summed E-state index contributed by atoms with van der Waals surface area (Å²) in [6.07, 6.45) is 0.689. The van der Waals surface area contributed by atoms with Crippen molar-refractivity contribution in [1.82, 2.24) is 15.1 Å². The van der Waals surface area contributed by atoms with E-state index in [9.17, 15) is 18.4 Å². The number of hydrogen-bond donors (Lipinski definition) is 2. The van der Waals surface area contributed by atoms with Gasteiger partial charge in [0.15, 0.2) is 0 Å². The van der Waals surface area contributed by atoms with Crippen LogP contribution in [0, 0.1) is 11.6 Å². The molecule has 2 heterocycles. The second-order valence-electron chi connectivity index (χ2n) is 7.06. The summed E-state index contributed by atoms with van der Waals surface area (Å²) in [7, 11) is 0. The van der Waals surface area contributed by atoms with Gasteiger partial charge in [0.05, 0.1) is 5.69 Å². The van der Waals surface area contributed by atoms with Crippen LogP contribution < -0.4 is 10.6 Å². The van der Waals surface area contributed by atoms with Crippen molar-refractivity contribution in [2.75, 3.05) is 11.9 Å². The number of halogens is 2. The first-order valence-electron chi connectivity index (χ1n) is 9.75. The fourth-order valence-electron chi connectivity index (χ4n) is 3.39. The molecule has 0 aliphatic carbocycles. The van der Waals surface area contributed by atoms with Gasteiger partial charge in [-0.15, -0.1) is 0 Å². The predicted molar refractivity (Wildman–Crippen MR) is 115 cm³/mol. The summed E-state index contributed by atoms with van der Waals surface area (Å²) in [6.45, 7) is 0.351. The fourth-order valence-corrected chi connectivity index (χ4v) is 4.42. The van der Waals surface area contributed by atoms with Gasteiger partial charge < -0.3 is 10.6 Å². The van der Waals surface area contributed by atoms with Crippen LogP contribution in [0.2, 0.25) is 0 Å². The molecule has 9 heteroatoms. The minimum atomic E-state index is -0.951. The number of thioether (sulfide) groups is 1. The highest BCUT2D eigenvalue weighted by Gasteiger charge is 2.26. The van der Waals surface area contributed by atoms with E-state index in [1.165, 1.54) is 10.7 Å². The zero-order chi connectivity index (χ0) is 21.8. The van der Waals surface area contributed by atoms with E-state index in [4.69, 9.17) is 0 Å². The highest BCUT2D eigenvalue weighted by Crippen LogP contribution is 2.35. The molecule has 0 saturated carbocycles. The lowest BCUT2D eigenvalue weighted by atomic mass is 10.1. The molecule has 1 aliphatic heterocycles. The molecule has 0 saturated heterocycles. The molecule has 160 valence electrons. The van der Waals surface area contributed by atoms with Crippen molar-refractivity contribution in [1.29, 1.82) is 0 Å². The summed E-state index contributed by atoms with van der Waals surface area (Å²) in [6, 6.07) is 13.0. The maximum atomic E-state index is 14.0. The van der Waals surface area contributed by atoms with Gasteiger partial charge >= 0.3 is 0 Å². The fraction of sp³-hybridized carbons (Fsp3) is 0.227. The Hall–Kier alpha value is -3.20. The number of carbonyl (C=O) groups excluding carboxylic acids is 2. The smallest absolute Gasteiger partial charge is 0.262 e. The van der Waals surface area contributed by atoms with Crippen molar-refractivity contribution in [3.8, 4) is 0 Å². The maximum Gasteiger partial charge on any atom is 0.262 e. The molecule has 2 amide bonds. The predicted octanol–water partition coefficient (Wildman–Crippen LogP) is 3.52. The van der Waals surface area contributed by atoms with Crippen LogP contribution in [-0.4, -0.2) is 28.1 Å². The van der Waals surface area contributed by atoms with E-state index < -0.39 is 23.1 Å². The first-order chi connectivity index (χ1) is 15.0. The summed E-state index contributed by atoms with van der Waals surface area (Å²) >= 11 is 1.62. The van der Waals surface area contributed by atoms with Crippen LogP contribution >= 0.6 is 11.8 Å². The number of nitrogens with zero attached hydrogens (tertiary/aromatic N) is 2. The zero-order valence-electron chi connectivity index (χ0n) is 16.5. The molecule has 0 atom stereocenters. The van der Waals surface area contributed by atoms with Crippen LogP contribution in [0.25, 0.3) is 0 Å². The minimum Gasteiger partial charge on any atom is -0.354 e. The average Bonchev–Trinajstić information content (AvgIpc) is 3.31. The molecule has 0 bridgehead atoms. The van der Waals surface area contributed by atoms with Crippen molar-refractivity contribution in [2.24, 2.45) is 0 Å². The molecule has 1 aliphatic rings. The monoisotopic (exact) mass is 442 g/mol. The molecule has 0 spiro atoms. The summed E-state index contributed by atoms with van der Waals surface area (Å²) < 4.78 is 29.4. The van der Waals surface area contributed by atoms with E-state index in [1.54, 1.807) is 11.8 Å². The van der Waals surface area contributed by atoms with E-state index in [1.807, 2.05) is 30.3 Å². The number of nitrogens with one attached hydrogen (secondary N) is 2. The highest BCUT2D eigenvalue weighted by molar-refractivity contribution is 7.98. The van der Waals surface area contributed by atoms with Gasteiger partial charge in [0.2, 0.25) is 5.91 Å². The lowest BCUT2D eigenvalue weighted by Crippen LogP contribution is -2.30. The van der Waals surface area contributed by atoms with Gasteiger partial charge in [0.1, 0.15) is 29.6 Å². The van der Waals surface area contributed by atoms with Gasteiger partial charge in [0.25, 0.3) is 5.91 Å². The second-order valence-corrected chi connectivity index (χ2v) is 8.05. The number of amides is 2. The second kappa shape index (κ2) is 9.30. The first-order valence-corrected chi connectivity index (χ1v) is 10.9. The molecule has 0 unspecified atom stereocenters. The molecule has 0 fully saturated rings. The number of rotatable bonds is 7. The van der Waals surface area contributed by atoms with Gasteiger partial charge in [-0.1, -0.05) is 36.4 Å². The van der Waals surface area contributed by atoms with E-state index in [0.717, 1.165) is 29.0 Å². The number of hydrogen-bond acceptors (Lipinski definition) is 4. The first kappa shape index (κ1) is 21.0. The Balaban J connectivity index is 1.46. The highest BCUT2D eigenvalue weighted by atomic mass is 32.2. The molecule has 0 radical (unpaired) electrons. The van der Waals surface area contributed by atoms with Crippen LogP contribution in [0.4, 0.5) is 14.6 Å². The molecule has 31 heavy (non-hydrogen) atoms. The van der Waals surface area contributed by atoms with Crippen LogP contribution in [0.1, 0.15) is 27.2 Å². The van der Waals surface area contributed by atoms with Gasteiger partial charge in [-0.2, -0.15) is 16.9 Å². The molecule has 6 nitrogen and oxygen atoms in total. The number of fused-ring (bicyclic) bond motifs is 1. The van der Waals surface area contributed by atoms with Gasteiger partial charge in [-0.3, -0.25) is 9.59 Å². The number of benzene rings is 2. The Bertz CT molecular complexity index is 1100. The Morgan fingerprint density at radius 1 is 1.03 bits per heavy atom. The molecule has 2 N–H and O–H groups in total. The van der Waals surface area contributed by atoms with Crippen LogP contribution in [-0.2, 0) is 29.3 Å². The third kappa shape index (κ3) is 4.77. The molecule has 1 aromatic heterocycles. The maximum absolute atomic E-state index is 14.0. The van der Waals surface area contributed by atoms with Crippen molar-refractivity contribution in [3.63, 3.8) is 0 Å². The Morgan fingerprint density at radius 3 is 2.52 bits per heavy atom. The van der Waals surface area contributed by atoms with Crippen molar-refractivity contribution in [2.45, 2.75) is 24.5 Å². The Kier molecular flexibility index (Phi) is 6.31. The van der Waals surface area contributed by atoms with E-state index in [0.29, 0.717) is 30.3 Å². The molecule has 3 aromatic rings. The van der Waals surface area contributed by atoms with Crippen molar-refractivity contribution in [3.05, 3.63) is 82.5 Å².